The van der Waals surface area contributed by atoms with E-state index in [-0.39, 0.29) is 17.0 Å². The lowest BCUT2D eigenvalue weighted by Gasteiger charge is -2.06. The van der Waals surface area contributed by atoms with Gasteiger partial charge in [0.2, 0.25) is 0 Å². The molecule has 0 aromatic heterocycles. The van der Waals surface area contributed by atoms with E-state index in [9.17, 15) is 14.7 Å². The first-order chi connectivity index (χ1) is 10.2. The van der Waals surface area contributed by atoms with Gasteiger partial charge >= 0.3 is 5.91 Å². The molecule has 1 heterocycles. The Morgan fingerprint density at radius 1 is 0.857 bits per heavy atom. The standard InChI is InChI=1S/C17H11NO3/c19-15(12-9-5-2-6-10-12)13-14(18-17(21)16(13)20)11-7-3-1-4-8-11/h1-10,19H/b15-13+. The fraction of sp³-hybridized carbons (Fsp3) is 0. The molecule has 0 bridgehead atoms. The summed E-state index contributed by atoms with van der Waals surface area (Å²) in [6.07, 6.45) is 0. The fourth-order valence-corrected chi connectivity index (χ4v) is 2.19. The van der Waals surface area contributed by atoms with E-state index in [2.05, 4.69) is 4.99 Å². The minimum atomic E-state index is -0.855. The largest absolute Gasteiger partial charge is 0.506 e. The second kappa shape index (κ2) is 5.17. The van der Waals surface area contributed by atoms with Gasteiger partial charge in [0.15, 0.2) is 0 Å². The van der Waals surface area contributed by atoms with Crippen molar-refractivity contribution in [3.63, 3.8) is 0 Å². The molecular weight excluding hydrogens is 266 g/mol. The monoisotopic (exact) mass is 277 g/mol. The van der Waals surface area contributed by atoms with Crippen LogP contribution in [0.3, 0.4) is 0 Å². The molecule has 0 radical (unpaired) electrons. The molecule has 0 atom stereocenters. The van der Waals surface area contributed by atoms with Crippen molar-refractivity contribution in [2.45, 2.75) is 0 Å². The van der Waals surface area contributed by atoms with Crippen molar-refractivity contribution in [1.29, 1.82) is 0 Å². The molecule has 3 rings (SSSR count). The summed E-state index contributed by atoms with van der Waals surface area (Å²) < 4.78 is 0. The summed E-state index contributed by atoms with van der Waals surface area (Å²) in [7, 11) is 0. The van der Waals surface area contributed by atoms with Crippen molar-refractivity contribution >= 4 is 23.2 Å². The summed E-state index contributed by atoms with van der Waals surface area (Å²) in [6, 6.07) is 17.5. The molecule has 1 amide bonds. The molecule has 0 unspecified atom stereocenters. The van der Waals surface area contributed by atoms with Crippen LogP contribution in [0.4, 0.5) is 0 Å². The molecule has 0 fully saturated rings. The van der Waals surface area contributed by atoms with Crippen LogP contribution in [0.25, 0.3) is 5.76 Å². The van der Waals surface area contributed by atoms with Gasteiger partial charge in [-0.15, -0.1) is 0 Å². The lowest BCUT2D eigenvalue weighted by atomic mass is 9.97. The Kier molecular flexibility index (Phi) is 3.20. The average Bonchev–Trinajstić information content (AvgIpc) is 2.84. The van der Waals surface area contributed by atoms with Crippen molar-refractivity contribution in [2.24, 2.45) is 4.99 Å². The molecule has 4 heteroatoms. The number of aliphatic hydroxyl groups excluding tert-OH is 1. The van der Waals surface area contributed by atoms with Gasteiger partial charge < -0.3 is 5.11 Å². The third kappa shape index (κ3) is 2.27. The Hall–Kier alpha value is -3.01. The van der Waals surface area contributed by atoms with Crippen molar-refractivity contribution in [3.8, 4) is 0 Å². The van der Waals surface area contributed by atoms with E-state index in [0.717, 1.165) is 0 Å². The predicted octanol–water partition coefficient (Wildman–Crippen LogP) is 2.55. The number of nitrogens with zero attached hydrogens (tertiary/aromatic N) is 1. The van der Waals surface area contributed by atoms with Crippen molar-refractivity contribution in [2.75, 3.05) is 0 Å². The third-order valence-corrected chi connectivity index (χ3v) is 3.20. The molecule has 1 N–H and O–H groups in total. The number of ketones is 1. The van der Waals surface area contributed by atoms with Gasteiger partial charge in [-0.2, -0.15) is 0 Å². The smallest absolute Gasteiger partial charge is 0.318 e. The van der Waals surface area contributed by atoms with Crippen molar-refractivity contribution in [1.82, 2.24) is 0 Å². The van der Waals surface area contributed by atoms with E-state index in [4.69, 9.17) is 0 Å². The highest BCUT2D eigenvalue weighted by molar-refractivity contribution is 6.59. The van der Waals surface area contributed by atoms with E-state index >= 15 is 0 Å². The Labute approximate surface area is 121 Å². The van der Waals surface area contributed by atoms with Gasteiger partial charge in [0.05, 0.1) is 11.3 Å². The van der Waals surface area contributed by atoms with Crippen LogP contribution in [0.15, 0.2) is 71.2 Å². The number of aliphatic imine (C=N–C) groups is 1. The van der Waals surface area contributed by atoms with E-state index in [1.54, 1.807) is 54.6 Å². The van der Waals surface area contributed by atoms with Crippen LogP contribution in [0.1, 0.15) is 11.1 Å². The zero-order chi connectivity index (χ0) is 14.8. The minimum Gasteiger partial charge on any atom is -0.506 e. The first kappa shape index (κ1) is 13.0. The lowest BCUT2D eigenvalue weighted by Crippen LogP contribution is -2.13. The Morgan fingerprint density at radius 2 is 1.43 bits per heavy atom. The van der Waals surface area contributed by atoms with E-state index in [1.165, 1.54) is 0 Å². The van der Waals surface area contributed by atoms with Gasteiger partial charge in [-0.05, 0) is 0 Å². The Morgan fingerprint density at radius 3 is 2.05 bits per heavy atom. The highest BCUT2D eigenvalue weighted by Gasteiger charge is 2.34. The average molecular weight is 277 g/mol. The lowest BCUT2D eigenvalue weighted by molar-refractivity contribution is -0.132. The van der Waals surface area contributed by atoms with Crippen LogP contribution in [-0.4, -0.2) is 22.5 Å². The van der Waals surface area contributed by atoms with E-state index < -0.39 is 11.7 Å². The third-order valence-electron chi connectivity index (χ3n) is 3.20. The quantitative estimate of drug-likeness (QED) is 0.521. The summed E-state index contributed by atoms with van der Waals surface area (Å²) in [6.45, 7) is 0. The number of benzene rings is 2. The molecule has 0 spiro atoms. The second-order valence-electron chi connectivity index (χ2n) is 4.55. The number of hydrogen-bond acceptors (Lipinski definition) is 3. The second-order valence-corrected chi connectivity index (χ2v) is 4.55. The normalized spacial score (nSPS) is 16.9. The molecule has 0 saturated carbocycles. The number of rotatable bonds is 2. The molecule has 0 aliphatic carbocycles. The van der Waals surface area contributed by atoms with Crippen LogP contribution in [0.2, 0.25) is 0 Å². The van der Waals surface area contributed by atoms with Crippen LogP contribution in [-0.2, 0) is 9.59 Å². The van der Waals surface area contributed by atoms with Gasteiger partial charge in [-0.1, -0.05) is 60.7 Å². The highest BCUT2D eigenvalue weighted by atomic mass is 16.3. The molecule has 1 aliphatic rings. The number of amides is 1. The predicted molar refractivity (Wildman–Crippen MR) is 79.0 cm³/mol. The molecule has 4 nitrogen and oxygen atoms in total. The maximum absolute atomic E-state index is 12.0. The van der Waals surface area contributed by atoms with Crippen LogP contribution < -0.4 is 0 Å². The van der Waals surface area contributed by atoms with Crippen molar-refractivity contribution < 1.29 is 14.7 Å². The molecule has 1 aliphatic heterocycles. The number of aliphatic hydroxyl groups is 1. The van der Waals surface area contributed by atoms with E-state index in [1.807, 2.05) is 6.07 Å². The molecule has 2 aromatic rings. The van der Waals surface area contributed by atoms with Crippen LogP contribution in [0.5, 0.6) is 0 Å². The minimum absolute atomic E-state index is 0.0441. The van der Waals surface area contributed by atoms with Gasteiger partial charge in [0.25, 0.3) is 5.78 Å². The Balaban J connectivity index is 2.18. The zero-order valence-corrected chi connectivity index (χ0v) is 11.0. The van der Waals surface area contributed by atoms with Gasteiger partial charge in [0.1, 0.15) is 5.76 Å². The topological polar surface area (TPSA) is 66.7 Å². The zero-order valence-electron chi connectivity index (χ0n) is 11.0. The molecule has 102 valence electrons. The molecule has 21 heavy (non-hydrogen) atoms. The van der Waals surface area contributed by atoms with Gasteiger partial charge in [-0.3, -0.25) is 9.59 Å². The fourth-order valence-electron chi connectivity index (χ4n) is 2.19. The van der Waals surface area contributed by atoms with Gasteiger partial charge in [-0.25, -0.2) is 4.99 Å². The van der Waals surface area contributed by atoms with Gasteiger partial charge in [0, 0.05) is 11.1 Å². The summed E-state index contributed by atoms with van der Waals surface area (Å²) in [4.78, 5) is 27.4. The van der Waals surface area contributed by atoms with Crippen LogP contribution in [0, 0.1) is 0 Å². The Bertz CT molecular complexity index is 774. The summed E-state index contributed by atoms with van der Waals surface area (Å²) >= 11 is 0. The number of carbonyl (C=O) groups excluding carboxylic acids is 2. The first-order valence-electron chi connectivity index (χ1n) is 6.40. The number of hydrogen-bond donors (Lipinski definition) is 1. The van der Waals surface area contributed by atoms with Crippen molar-refractivity contribution in [3.05, 3.63) is 77.4 Å². The first-order valence-corrected chi connectivity index (χ1v) is 6.40. The molecule has 2 aromatic carbocycles. The molecule has 0 saturated heterocycles. The van der Waals surface area contributed by atoms with E-state index in [0.29, 0.717) is 11.1 Å². The SMILES string of the molecule is O=C1N=C(c2ccccc2)/C(=C(\O)c2ccccc2)C1=O. The maximum Gasteiger partial charge on any atom is 0.318 e. The number of carbonyl (C=O) groups is 2. The summed E-state index contributed by atoms with van der Waals surface area (Å²) in [5, 5.41) is 10.4. The summed E-state index contributed by atoms with van der Waals surface area (Å²) in [5.74, 6) is -1.87. The maximum atomic E-state index is 12.0. The highest BCUT2D eigenvalue weighted by Crippen LogP contribution is 2.25. The van der Waals surface area contributed by atoms with Crippen LogP contribution >= 0.6 is 0 Å². The molecular formula is C17H11NO3. The number of Topliss-reactive ketones (excluding diaryl/α,β-unsaturated/α-hetero) is 1. The summed E-state index contributed by atoms with van der Waals surface area (Å²) in [5.41, 5.74) is 1.26.